The van der Waals surface area contributed by atoms with Crippen LogP contribution in [0.25, 0.3) is 0 Å². The van der Waals surface area contributed by atoms with E-state index in [9.17, 15) is 0 Å². The van der Waals surface area contributed by atoms with Crippen LogP contribution in [-0.4, -0.2) is 41.9 Å². The molecule has 16 heavy (non-hydrogen) atoms. The summed E-state index contributed by atoms with van der Waals surface area (Å²) in [6.07, 6.45) is -0.0279. The van der Waals surface area contributed by atoms with Crippen LogP contribution in [0.5, 0.6) is 0 Å². The van der Waals surface area contributed by atoms with E-state index in [-0.39, 0.29) is 12.7 Å². The Hall–Kier alpha value is -0.900. The second-order valence-corrected chi connectivity index (χ2v) is 4.40. The van der Waals surface area contributed by atoms with Gasteiger partial charge in [0.15, 0.2) is 0 Å². The van der Waals surface area contributed by atoms with Crippen molar-refractivity contribution in [2.75, 3.05) is 19.8 Å². The van der Waals surface area contributed by atoms with Crippen LogP contribution in [0, 0.1) is 0 Å². The molecular weight excluding hydrogens is 202 g/mol. The largest absolute Gasteiger partial charge is 0.394 e. The van der Waals surface area contributed by atoms with Crippen molar-refractivity contribution in [2.24, 2.45) is 0 Å². The molecule has 0 saturated carbocycles. The summed E-state index contributed by atoms with van der Waals surface area (Å²) in [6.45, 7) is 4.72. The van der Waals surface area contributed by atoms with Gasteiger partial charge in [0, 0.05) is 19.1 Å². The van der Waals surface area contributed by atoms with Gasteiger partial charge in [-0.1, -0.05) is 30.3 Å². The third-order valence-electron chi connectivity index (χ3n) is 3.07. The van der Waals surface area contributed by atoms with E-state index in [1.807, 2.05) is 6.07 Å². The molecule has 2 rings (SSSR count). The lowest BCUT2D eigenvalue weighted by Gasteiger charge is -2.37. The number of benzene rings is 1. The highest BCUT2D eigenvalue weighted by Crippen LogP contribution is 2.15. The van der Waals surface area contributed by atoms with Gasteiger partial charge < -0.3 is 9.84 Å². The van der Waals surface area contributed by atoms with Crippen LogP contribution in [0.1, 0.15) is 12.5 Å². The first-order valence-electron chi connectivity index (χ1n) is 5.80. The second kappa shape index (κ2) is 5.43. The zero-order valence-electron chi connectivity index (χ0n) is 9.67. The van der Waals surface area contributed by atoms with Crippen LogP contribution < -0.4 is 0 Å². The van der Waals surface area contributed by atoms with Gasteiger partial charge in [0.1, 0.15) is 0 Å². The average molecular weight is 221 g/mol. The van der Waals surface area contributed by atoms with Gasteiger partial charge in [-0.3, -0.25) is 4.90 Å². The lowest BCUT2D eigenvalue weighted by Crippen LogP contribution is -2.48. The third-order valence-corrected chi connectivity index (χ3v) is 3.07. The number of hydrogen-bond acceptors (Lipinski definition) is 3. The maximum Gasteiger partial charge on any atom is 0.0933 e. The summed E-state index contributed by atoms with van der Waals surface area (Å²) in [6, 6.07) is 10.8. The monoisotopic (exact) mass is 221 g/mol. The fourth-order valence-corrected chi connectivity index (χ4v) is 2.02. The molecular formula is C13H19NO2. The van der Waals surface area contributed by atoms with Gasteiger partial charge in [0.25, 0.3) is 0 Å². The van der Waals surface area contributed by atoms with Gasteiger partial charge in [-0.25, -0.2) is 0 Å². The summed E-state index contributed by atoms with van der Waals surface area (Å²) in [5.74, 6) is 0. The summed E-state index contributed by atoms with van der Waals surface area (Å²) in [5, 5.41) is 9.11. The van der Waals surface area contributed by atoms with E-state index in [1.165, 1.54) is 5.56 Å². The fraction of sp³-hybridized carbons (Fsp3) is 0.538. The summed E-state index contributed by atoms with van der Waals surface area (Å²) in [4.78, 5) is 2.36. The molecule has 3 nitrogen and oxygen atoms in total. The zero-order chi connectivity index (χ0) is 11.4. The molecule has 88 valence electrons. The quantitative estimate of drug-likeness (QED) is 0.834. The molecule has 1 fully saturated rings. The minimum Gasteiger partial charge on any atom is -0.394 e. The topological polar surface area (TPSA) is 32.7 Å². The first kappa shape index (κ1) is 11.6. The summed E-state index contributed by atoms with van der Waals surface area (Å²) < 4.78 is 5.52. The minimum atomic E-state index is -0.0279. The molecule has 0 radical (unpaired) electrons. The number of ether oxygens (including phenoxy) is 1. The summed E-state index contributed by atoms with van der Waals surface area (Å²) in [5.41, 5.74) is 1.31. The Bertz CT molecular complexity index is 315. The normalized spacial score (nSPS) is 26.9. The number of nitrogens with zero attached hydrogens (tertiary/aromatic N) is 1. The Morgan fingerprint density at radius 2 is 2.12 bits per heavy atom. The molecule has 0 spiro atoms. The van der Waals surface area contributed by atoms with Crippen LogP contribution in [-0.2, 0) is 11.3 Å². The van der Waals surface area contributed by atoms with E-state index in [1.54, 1.807) is 0 Å². The van der Waals surface area contributed by atoms with E-state index < -0.39 is 0 Å². The van der Waals surface area contributed by atoms with Gasteiger partial charge in [-0.15, -0.1) is 0 Å². The molecule has 1 N–H and O–H groups in total. The molecule has 0 aromatic heterocycles. The molecule has 1 aromatic carbocycles. The Balaban J connectivity index is 1.97. The first-order chi connectivity index (χ1) is 7.79. The van der Waals surface area contributed by atoms with E-state index in [4.69, 9.17) is 9.84 Å². The van der Waals surface area contributed by atoms with E-state index >= 15 is 0 Å². The molecule has 0 amide bonds. The standard InChI is InChI=1S/C13H19NO2/c1-11-10-16-13(9-15)8-14(11)7-12-5-3-2-4-6-12/h2-6,11,13,15H,7-10H2,1H3/t11-,13-/m0/s1. The summed E-state index contributed by atoms with van der Waals surface area (Å²) >= 11 is 0. The lowest BCUT2D eigenvalue weighted by atomic mass is 10.1. The van der Waals surface area contributed by atoms with Crippen molar-refractivity contribution in [3.63, 3.8) is 0 Å². The highest BCUT2D eigenvalue weighted by Gasteiger charge is 2.25. The van der Waals surface area contributed by atoms with E-state index in [0.717, 1.165) is 13.1 Å². The Kier molecular flexibility index (Phi) is 3.93. The highest BCUT2D eigenvalue weighted by atomic mass is 16.5. The smallest absolute Gasteiger partial charge is 0.0933 e. The molecule has 1 heterocycles. The van der Waals surface area contributed by atoms with E-state index in [0.29, 0.717) is 12.6 Å². The molecule has 0 bridgehead atoms. The van der Waals surface area contributed by atoms with Crippen molar-refractivity contribution in [3.8, 4) is 0 Å². The Labute approximate surface area is 96.6 Å². The molecule has 2 atom stereocenters. The predicted octanol–water partition coefficient (Wildman–Crippen LogP) is 1.27. The van der Waals surface area contributed by atoms with Gasteiger partial charge in [-0.2, -0.15) is 0 Å². The van der Waals surface area contributed by atoms with Crippen molar-refractivity contribution in [3.05, 3.63) is 35.9 Å². The van der Waals surface area contributed by atoms with Gasteiger partial charge in [0.05, 0.1) is 19.3 Å². The van der Waals surface area contributed by atoms with Crippen molar-refractivity contribution < 1.29 is 9.84 Å². The molecule has 0 aliphatic carbocycles. The van der Waals surface area contributed by atoms with Crippen molar-refractivity contribution in [1.82, 2.24) is 4.90 Å². The van der Waals surface area contributed by atoms with Crippen LogP contribution in [0.2, 0.25) is 0 Å². The third kappa shape index (κ3) is 2.82. The molecule has 1 aliphatic rings. The van der Waals surface area contributed by atoms with E-state index in [2.05, 4.69) is 36.1 Å². The second-order valence-electron chi connectivity index (χ2n) is 4.40. The number of morpholine rings is 1. The maximum absolute atomic E-state index is 9.11. The maximum atomic E-state index is 9.11. The zero-order valence-corrected chi connectivity index (χ0v) is 9.67. The molecule has 1 aliphatic heterocycles. The van der Waals surface area contributed by atoms with Crippen LogP contribution in [0.4, 0.5) is 0 Å². The van der Waals surface area contributed by atoms with Gasteiger partial charge in [-0.05, 0) is 12.5 Å². The highest BCUT2D eigenvalue weighted by molar-refractivity contribution is 5.14. The van der Waals surface area contributed by atoms with Crippen molar-refractivity contribution in [2.45, 2.75) is 25.6 Å². The van der Waals surface area contributed by atoms with Crippen LogP contribution in [0.3, 0.4) is 0 Å². The lowest BCUT2D eigenvalue weighted by molar-refractivity contribution is -0.0805. The number of rotatable bonds is 3. The van der Waals surface area contributed by atoms with Crippen molar-refractivity contribution in [1.29, 1.82) is 0 Å². The van der Waals surface area contributed by atoms with Gasteiger partial charge in [0.2, 0.25) is 0 Å². The Morgan fingerprint density at radius 1 is 1.38 bits per heavy atom. The van der Waals surface area contributed by atoms with Gasteiger partial charge >= 0.3 is 0 Å². The van der Waals surface area contributed by atoms with Crippen LogP contribution >= 0.6 is 0 Å². The average Bonchev–Trinajstić information content (AvgIpc) is 2.33. The number of aliphatic hydroxyl groups excluding tert-OH is 1. The predicted molar refractivity (Wildman–Crippen MR) is 63.1 cm³/mol. The SMILES string of the molecule is C[C@H]1CO[C@H](CO)CN1Cc1ccccc1. The number of hydrogen-bond donors (Lipinski definition) is 1. The summed E-state index contributed by atoms with van der Waals surface area (Å²) in [7, 11) is 0. The van der Waals surface area contributed by atoms with Crippen molar-refractivity contribution >= 4 is 0 Å². The molecule has 0 unspecified atom stereocenters. The minimum absolute atomic E-state index is 0.0279. The van der Waals surface area contributed by atoms with Crippen LogP contribution in [0.15, 0.2) is 30.3 Å². The molecule has 1 aromatic rings. The first-order valence-corrected chi connectivity index (χ1v) is 5.80. The fourth-order valence-electron chi connectivity index (χ4n) is 2.02. The Morgan fingerprint density at radius 3 is 2.81 bits per heavy atom. The molecule has 1 saturated heterocycles. The molecule has 3 heteroatoms. The number of aliphatic hydroxyl groups is 1.